The van der Waals surface area contributed by atoms with E-state index in [1.54, 1.807) is 24.0 Å². The van der Waals surface area contributed by atoms with Crippen LogP contribution in [-0.2, 0) is 25.8 Å². The van der Waals surface area contributed by atoms with Gasteiger partial charge in [-0.2, -0.15) is 0 Å². The van der Waals surface area contributed by atoms with Crippen LogP contribution < -0.4 is 15.0 Å². The first-order chi connectivity index (χ1) is 15.4. The van der Waals surface area contributed by atoms with Crippen LogP contribution in [-0.4, -0.2) is 38.4 Å². The SMILES string of the molecule is CCC(=O)N1c2ccc(S(=O)(=O)CCC(=O)Nc3ccc(OC(F)(F)F)cc3)cc2C[C@H]1C. The number of anilines is 2. The molecule has 11 heteroatoms. The van der Waals surface area contributed by atoms with Crippen LogP contribution in [0.5, 0.6) is 5.75 Å². The Hall–Kier alpha value is -3.08. The molecule has 0 fully saturated rings. The molecule has 0 aromatic heterocycles. The van der Waals surface area contributed by atoms with Crippen LogP contribution in [0.3, 0.4) is 0 Å². The van der Waals surface area contributed by atoms with Gasteiger partial charge in [-0.3, -0.25) is 9.59 Å². The van der Waals surface area contributed by atoms with Crippen molar-refractivity contribution in [3.63, 3.8) is 0 Å². The van der Waals surface area contributed by atoms with Crippen LogP contribution in [0.2, 0.25) is 0 Å². The van der Waals surface area contributed by atoms with E-state index >= 15 is 0 Å². The van der Waals surface area contributed by atoms with Crippen molar-refractivity contribution in [2.75, 3.05) is 16.0 Å². The monoisotopic (exact) mass is 484 g/mol. The number of nitrogens with zero attached hydrogens (tertiary/aromatic N) is 1. The molecule has 0 radical (unpaired) electrons. The lowest BCUT2D eigenvalue weighted by Gasteiger charge is -2.22. The molecule has 178 valence electrons. The number of hydrogen-bond donors (Lipinski definition) is 1. The Balaban J connectivity index is 1.62. The van der Waals surface area contributed by atoms with E-state index < -0.39 is 33.6 Å². The first kappa shape index (κ1) is 24.6. The van der Waals surface area contributed by atoms with Crippen LogP contribution in [0, 0.1) is 0 Å². The molecule has 0 saturated carbocycles. The predicted molar refractivity (Wildman–Crippen MR) is 116 cm³/mol. The smallest absolute Gasteiger partial charge is 0.406 e. The molecule has 1 N–H and O–H groups in total. The van der Waals surface area contributed by atoms with Crippen LogP contribution in [0.1, 0.15) is 32.3 Å². The third kappa shape index (κ3) is 6.04. The molecule has 0 spiro atoms. The summed E-state index contributed by atoms with van der Waals surface area (Å²) in [6.45, 7) is 3.66. The average Bonchev–Trinajstić information content (AvgIpc) is 3.07. The fraction of sp³-hybridized carbons (Fsp3) is 0.364. The van der Waals surface area contributed by atoms with Crippen LogP contribution in [0.4, 0.5) is 24.5 Å². The number of rotatable bonds is 7. The van der Waals surface area contributed by atoms with Crippen molar-refractivity contribution in [2.24, 2.45) is 0 Å². The third-order valence-corrected chi connectivity index (χ3v) is 6.88. The second-order valence-corrected chi connectivity index (χ2v) is 9.76. The maximum atomic E-state index is 12.7. The van der Waals surface area contributed by atoms with Crippen molar-refractivity contribution in [3.05, 3.63) is 48.0 Å². The van der Waals surface area contributed by atoms with Gasteiger partial charge in [0.2, 0.25) is 11.8 Å². The Morgan fingerprint density at radius 3 is 2.42 bits per heavy atom. The van der Waals surface area contributed by atoms with E-state index in [1.807, 2.05) is 6.92 Å². The quantitative estimate of drug-likeness (QED) is 0.640. The molecule has 1 atom stereocenters. The Bertz CT molecular complexity index is 1150. The van der Waals surface area contributed by atoms with Gasteiger partial charge in [0.1, 0.15) is 5.75 Å². The molecule has 2 aromatic carbocycles. The van der Waals surface area contributed by atoms with Crippen molar-refractivity contribution in [3.8, 4) is 5.75 Å². The number of carbonyl (C=O) groups excluding carboxylic acids is 2. The van der Waals surface area contributed by atoms with Crippen molar-refractivity contribution in [1.82, 2.24) is 0 Å². The van der Waals surface area contributed by atoms with Gasteiger partial charge >= 0.3 is 6.36 Å². The topological polar surface area (TPSA) is 92.8 Å². The summed E-state index contributed by atoms with van der Waals surface area (Å²) in [5, 5.41) is 2.44. The summed E-state index contributed by atoms with van der Waals surface area (Å²) in [4.78, 5) is 26.1. The zero-order valence-electron chi connectivity index (χ0n) is 18.0. The second kappa shape index (κ2) is 9.42. The van der Waals surface area contributed by atoms with E-state index in [0.29, 0.717) is 18.5 Å². The van der Waals surface area contributed by atoms with E-state index in [1.165, 1.54) is 18.2 Å². The number of carbonyl (C=O) groups is 2. The Morgan fingerprint density at radius 2 is 1.82 bits per heavy atom. The number of fused-ring (bicyclic) bond motifs is 1. The van der Waals surface area contributed by atoms with Crippen molar-refractivity contribution < 1.29 is 35.9 Å². The minimum atomic E-state index is -4.82. The third-order valence-electron chi connectivity index (χ3n) is 5.17. The molecule has 7 nitrogen and oxygen atoms in total. The summed E-state index contributed by atoms with van der Waals surface area (Å²) in [5.41, 5.74) is 1.67. The lowest BCUT2D eigenvalue weighted by Crippen LogP contribution is -2.35. The van der Waals surface area contributed by atoms with Crippen LogP contribution >= 0.6 is 0 Å². The first-order valence-corrected chi connectivity index (χ1v) is 11.9. The second-order valence-electron chi connectivity index (χ2n) is 7.65. The van der Waals surface area contributed by atoms with Crippen molar-refractivity contribution in [1.29, 1.82) is 0 Å². The lowest BCUT2D eigenvalue weighted by molar-refractivity contribution is -0.274. The first-order valence-electron chi connectivity index (χ1n) is 10.2. The summed E-state index contributed by atoms with van der Waals surface area (Å²) in [7, 11) is -3.77. The summed E-state index contributed by atoms with van der Waals surface area (Å²) < 4.78 is 65.8. The van der Waals surface area contributed by atoms with E-state index in [-0.39, 0.29) is 29.0 Å². The van der Waals surface area contributed by atoms with Gasteiger partial charge in [0.05, 0.1) is 10.6 Å². The number of halogens is 3. The van der Waals surface area contributed by atoms with Crippen LogP contribution in [0.15, 0.2) is 47.4 Å². The van der Waals surface area contributed by atoms with Gasteiger partial charge in [0.15, 0.2) is 9.84 Å². The van der Waals surface area contributed by atoms with Crippen LogP contribution in [0.25, 0.3) is 0 Å². The van der Waals surface area contributed by atoms with E-state index in [4.69, 9.17) is 0 Å². The minimum absolute atomic E-state index is 0.0356. The van der Waals surface area contributed by atoms with Gasteiger partial charge in [-0.25, -0.2) is 8.42 Å². The van der Waals surface area contributed by atoms with Crippen molar-refractivity contribution in [2.45, 2.75) is 50.4 Å². The predicted octanol–water partition coefficient (Wildman–Crippen LogP) is 4.08. The molecular formula is C22H23F3N2O5S. The highest BCUT2D eigenvalue weighted by Gasteiger charge is 2.32. The zero-order chi connectivity index (χ0) is 24.4. The minimum Gasteiger partial charge on any atom is -0.406 e. The highest BCUT2D eigenvalue weighted by Crippen LogP contribution is 2.34. The summed E-state index contributed by atoms with van der Waals surface area (Å²) in [6, 6.07) is 9.04. The van der Waals surface area contributed by atoms with Gasteiger partial charge in [-0.05, 0) is 61.4 Å². The number of ether oxygens (including phenoxy) is 1. The fourth-order valence-electron chi connectivity index (χ4n) is 3.66. The van der Waals surface area contributed by atoms with E-state index in [0.717, 1.165) is 17.7 Å². The van der Waals surface area contributed by atoms with Crippen molar-refractivity contribution >= 4 is 33.0 Å². The molecular weight excluding hydrogens is 461 g/mol. The summed E-state index contributed by atoms with van der Waals surface area (Å²) >= 11 is 0. The highest BCUT2D eigenvalue weighted by atomic mass is 32.2. The average molecular weight is 484 g/mol. The summed E-state index contributed by atoms with van der Waals surface area (Å²) in [5.74, 6) is -1.52. The maximum Gasteiger partial charge on any atom is 0.573 e. The largest absolute Gasteiger partial charge is 0.573 e. The number of benzene rings is 2. The number of nitrogens with one attached hydrogen (secondary N) is 1. The fourth-order valence-corrected chi connectivity index (χ4v) is 4.95. The van der Waals surface area contributed by atoms with Gasteiger partial charge in [-0.15, -0.1) is 13.2 Å². The molecule has 33 heavy (non-hydrogen) atoms. The molecule has 0 unspecified atom stereocenters. The Morgan fingerprint density at radius 1 is 1.15 bits per heavy atom. The van der Waals surface area contributed by atoms with Gasteiger partial charge in [0.25, 0.3) is 0 Å². The van der Waals surface area contributed by atoms with E-state index in [9.17, 15) is 31.2 Å². The molecule has 1 heterocycles. The molecule has 2 amide bonds. The number of amides is 2. The maximum absolute atomic E-state index is 12.7. The zero-order valence-corrected chi connectivity index (χ0v) is 18.8. The standard InChI is InChI=1S/C22H23F3N2O5S/c1-3-21(29)27-14(2)12-15-13-18(8-9-19(15)27)33(30,31)11-10-20(28)26-16-4-6-17(7-5-16)32-22(23,24)25/h4-9,13-14H,3,10-12H2,1-2H3,(H,26,28)/t14-/m1/s1. The Labute approximate surface area is 189 Å². The molecule has 1 aliphatic rings. The number of sulfone groups is 1. The lowest BCUT2D eigenvalue weighted by atomic mass is 10.1. The molecule has 1 aliphatic heterocycles. The normalized spacial score (nSPS) is 15.8. The molecule has 2 aromatic rings. The van der Waals surface area contributed by atoms with Gasteiger partial charge in [-0.1, -0.05) is 6.92 Å². The summed E-state index contributed by atoms with van der Waals surface area (Å²) in [6.07, 6.45) is -4.27. The highest BCUT2D eigenvalue weighted by molar-refractivity contribution is 7.91. The molecule has 3 rings (SSSR count). The van der Waals surface area contributed by atoms with Gasteiger partial charge in [0, 0.05) is 30.3 Å². The number of alkyl halides is 3. The van der Waals surface area contributed by atoms with E-state index in [2.05, 4.69) is 10.1 Å². The Kier molecular flexibility index (Phi) is 7.01. The molecule has 0 aliphatic carbocycles. The molecule has 0 saturated heterocycles. The molecule has 0 bridgehead atoms. The number of hydrogen-bond acceptors (Lipinski definition) is 5. The van der Waals surface area contributed by atoms with Gasteiger partial charge < -0.3 is 15.0 Å².